The molecule has 0 saturated carbocycles. The van der Waals surface area contributed by atoms with Gasteiger partial charge in [0.05, 0.1) is 37.3 Å². The van der Waals surface area contributed by atoms with Gasteiger partial charge in [-0.1, -0.05) is 18.2 Å². The first kappa shape index (κ1) is 22.6. The van der Waals surface area contributed by atoms with Gasteiger partial charge in [-0.2, -0.15) is 5.10 Å². The number of nitrogens with zero attached hydrogens (tertiary/aromatic N) is 4. The van der Waals surface area contributed by atoms with Crippen molar-refractivity contribution >= 4 is 29.1 Å². The monoisotopic (exact) mass is 435 g/mol. The van der Waals surface area contributed by atoms with E-state index in [0.29, 0.717) is 30.5 Å². The predicted molar refractivity (Wildman–Crippen MR) is 121 cm³/mol. The van der Waals surface area contributed by atoms with E-state index in [9.17, 15) is 9.59 Å². The molecule has 0 fully saturated rings. The lowest BCUT2D eigenvalue weighted by molar-refractivity contribution is -0.121. The zero-order valence-corrected chi connectivity index (χ0v) is 17.9. The van der Waals surface area contributed by atoms with Crippen LogP contribution in [-0.4, -0.2) is 51.8 Å². The minimum Gasteiger partial charge on any atom is -0.383 e. The average Bonchev–Trinajstić information content (AvgIpc) is 3.24. The highest BCUT2D eigenvalue weighted by molar-refractivity contribution is 5.96. The highest BCUT2D eigenvalue weighted by Gasteiger charge is 2.08. The van der Waals surface area contributed by atoms with Crippen LogP contribution in [0.25, 0.3) is 11.3 Å². The van der Waals surface area contributed by atoms with Crippen molar-refractivity contribution < 1.29 is 14.3 Å². The Hall–Kier alpha value is -4.05. The Morgan fingerprint density at radius 2 is 2.09 bits per heavy atom. The SMILES string of the molecule is C/C=C/C(=O)NCC(=O)Nc1cccc(-c2ccnc(Nc3cnn(CCOC)c3)n2)c1. The first-order valence-corrected chi connectivity index (χ1v) is 9.99. The van der Waals surface area contributed by atoms with Crippen molar-refractivity contribution in [3.63, 3.8) is 0 Å². The maximum absolute atomic E-state index is 12.1. The minimum absolute atomic E-state index is 0.118. The molecule has 0 radical (unpaired) electrons. The number of amides is 2. The molecule has 0 saturated heterocycles. The van der Waals surface area contributed by atoms with Gasteiger partial charge in [-0.05, 0) is 31.2 Å². The largest absolute Gasteiger partial charge is 0.383 e. The molecular weight excluding hydrogens is 410 g/mol. The van der Waals surface area contributed by atoms with E-state index in [1.54, 1.807) is 55.4 Å². The van der Waals surface area contributed by atoms with Gasteiger partial charge in [0.15, 0.2) is 0 Å². The smallest absolute Gasteiger partial charge is 0.244 e. The first-order valence-electron chi connectivity index (χ1n) is 9.99. The summed E-state index contributed by atoms with van der Waals surface area (Å²) in [6.07, 6.45) is 8.16. The second kappa shape index (κ2) is 11.4. The highest BCUT2D eigenvalue weighted by atomic mass is 16.5. The summed E-state index contributed by atoms with van der Waals surface area (Å²) >= 11 is 0. The summed E-state index contributed by atoms with van der Waals surface area (Å²) in [5, 5.41) is 12.7. The molecule has 2 amide bonds. The number of carbonyl (C=O) groups excluding carboxylic acids is 2. The highest BCUT2D eigenvalue weighted by Crippen LogP contribution is 2.22. The van der Waals surface area contributed by atoms with Crippen LogP contribution in [-0.2, 0) is 20.9 Å². The number of anilines is 3. The van der Waals surface area contributed by atoms with Crippen molar-refractivity contribution in [1.82, 2.24) is 25.1 Å². The molecule has 10 heteroatoms. The van der Waals surface area contributed by atoms with Crippen LogP contribution < -0.4 is 16.0 Å². The van der Waals surface area contributed by atoms with E-state index in [2.05, 4.69) is 31.0 Å². The van der Waals surface area contributed by atoms with E-state index in [4.69, 9.17) is 4.74 Å². The molecule has 166 valence electrons. The lowest BCUT2D eigenvalue weighted by Gasteiger charge is -2.09. The molecule has 0 atom stereocenters. The molecule has 2 heterocycles. The third-order valence-electron chi connectivity index (χ3n) is 4.25. The van der Waals surface area contributed by atoms with E-state index in [1.807, 2.05) is 18.3 Å². The number of hydrogen-bond acceptors (Lipinski definition) is 7. The van der Waals surface area contributed by atoms with E-state index >= 15 is 0 Å². The van der Waals surface area contributed by atoms with Crippen LogP contribution in [0.4, 0.5) is 17.3 Å². The topological polar surface area (TPSA) is 123 Å². The Morgan fingerprint density at radius 1 is 1.22 bits per heavy atom. The standard InChI is InChI=1S/C22H25N7O3/c1-3-5-20(30)24-14-21(31)26-17-7-4-6-16(12-17)19-8-9-23-22(28-19)27-18-13-25-29(15-18)10-11-32-2/h3-9,12-13,15H,10-11,14H2,1-2H3,(H,24,30)(H,26,31)(H,23,27,28)/b5-3+. The van der Waals surface area contributed by atoms with Gasteiger partial charge in [-0.3, -0.25) is 14.3 Å². The van der Waals surface area contributed by atoms with Gasteiger partial charge in [0.25, 0.3) is 0 Å². The predicted octanol–water partition coefficient (Wildman–Crippen LogP) is 2.36. The third-order valence-corrected chi connectivity index (χ3v) is 4.25. The van der Waals surface area contributed by atoms with Crippen molar-refractivity contribution in [3.8, 4) is 11.3 Å². The number of methoxy groups -OCH3 is 1. The summed E-state index contributed by atoms with van der Waals surface area (Å²) in [6, 6.07) is 9.06. The number of nitrogens with one attached hydrogen (secondary N) is 3. The molecule has 10 nitrogen and oxygen atoms in total. The Bertz CT molecular complexity index is 1090. The zero-order valence-electron chi connectivity index (χ0n) is 17.9. The van der Waals surface area contributed by atoms with Gasteiger partial charge < -0.3 is 20.7 Å². The van der Waals surface area contributed by atoms with Crippen molar-refractivity contribution in [1.29, 1.82) is 0 Å². The van der Waals surface area contributed by atoms with Crippen LogP contribution in [0.1, 0.15) is 6.92 Å². The Morgan fingerprint density at radius 3 is 2.91 bits per heavy atom. The van der Waals surface area contributed by atoms with Crippen LogP contribution in [0.5, 0.6) is 0 Å². The molecule has 3 rings (SSSR count). The summed E-state index contributed by atoms with van der Waals surface area (Å²) in [7, 11) is 1.64. The molecule has 2 aromatic heterocycles. The maximum Gasteiger partial charge on any atom is 0.244 e. The fraction of sp³-hybridized carbons (Fsp3) is 0.227. The Labute approximate surface area is 185 Å². The molecule has 3 N–H and O–H groups in total. The molecule has 0 unspecified atom stereocenters. The number of benzene rings is 1. The number of rotatable bonds is 10. The summed E-state index contributed by atoms with van der Waals surface area (Å²) in [6.45, 7) is 2.83. The second-order valence-corrected chi connectivity index (χ2v) is 6.72. The number of hydrogen-bond donors (Lipinski definition) is 3. The van der Waals surface area contributed by atoms with E-state index in [1.165, 1.54) is 6.08 Å². The van der Waals surface area contributed by atoms with Gasteiger partial charge in [0.1, 0.15) is 0 Å². The van der Waals surface area contributed by atoms with Gasteiger partial charge in [0, 0.05) is 30.8 Å². The van der Waals surface area contributed by atoms with Crippen LogP contribution in [0.3, 0.4) is 0 Å². The molecular formula is C22H25N7O3. The molecule has 3 aromatic rings. The quantitative estimate of drug-likeness (QED) is 0.418. The second-order valence-electron chi connectivity index (χ2n) is 6.72. The van der Waals surface area contributed by atoms with Gasteiger partial charge >= 0.3 is 0 Å². The van der Waals surface area contributed by atoms with Crippen molar-refractivity contribution in [2.75, 3.05) is 30.9 Å². The van der Waals surface area contributed by atoms with E-state index in [-0.39, 0.29) is 18.4 Å². The number of aromatic nitrogens is 4. The number of ether oxygens (including phenoxy) is 1. The third kappa shape index (κ3) is 6.74. The molecule has 0 spiro atoms. The van der Waals surface area contributed by atoms with Crippen LogP contribution in [0.15, 0.2) is 61.1 Å². The lowest BCUT2D eigenvalue weighted by Crippen LogP contribution is -2.31. The maximum atomic E-state index is 12.1. The summed E-state index contributed by atoms with van der Waals surface area (Å²) in [5.74, 6) is -0.216. The fourth-order valence-electron chi connectivity index (χ4n) is 2.78. The molecule has 32 heavy (non-hydrogen) atoms. The fourth-order valence-corrected chi connectivity index (χ4v) is 2.78. The average molecular weight is 435 g/mol. The summed E-state index contributed by atoms with van der Waals surface area (Å²) in [4.78, 5) is 32.3. The number of allylic oxidation sites excluding steroid dienone is 1. The van der Waals surface area contributed by atoms with Crippen molar-refractivity contribution in [3.05, 3.63) is 61.1 Å². The van der Waals surface area contributed by atoms with Gasteiger partial charge in [-0.25, -0.2) is 9.97 Å². The van der Waals surface area contributed by atoms with Gasteiger partial charge in [0.2, 0.25) is 17.8 Å². The first-order chi connectivity index (χ1) is 15.6. The normalized spacial score (nSPS) is 10.8. The molecule has 0 aliphatic carbocycles. The molecule has 0 aliphatic rings. The summed E-state index contributed by atoms with van der Waals surface area (Å²) < 4.78 is 6.82. The Kier molecular flexibility index (Phi) is 8.04. The minimum atomic E-state index is -0.324. The molecule has 1 aromatic carbocycles. The molecule has 0 bridgehead atoms. The number of carbonyl (C=O) groups is 2. The zero-order chi connectivity index (χ0) is 22.8. The van der Waals surface area contributed by atoms with E-state index < -0.39 is 0 Å². The van der Waals surface area contributed by atoms with E-state index in [0.717, 1.165) is 11.3 Å². The van der Waals surface area contributed by atoms with Crippen LogP contribution in [0.2, 0.25) is 0 Å². The van der Waals surface area contributed by atoms with Crippen molar-refractivity contribution in [2.45, 2.75) is 13.5 Å². The van der Waals surface area contributed by atoms with Gasteiger partial charge in [-0.15, -0.1) is 0 Å². The van der Waals surface area contributed by atoms with Crippen molar-refractivity contribution in [2.24, 2.45) is 0 Å². The lowest BCUT2D eigenvalue weighted by atomic mass is 10.1. The summed E-state index contributed by atoms with van der Waals surface area (Å²) in [5.41, 5.74) is 2.85. The van der Waals surface area contributed by atoms with Crippen LogP contribution >= 0.6 is 0 Å². The van der Waals surface area contributed by atoms with Crippen LogP contribution in [0, 0.1) is 0 Å². The molecule has 0 aliphatic heterocycles. The Balaban J connectivity index is 1.65.